The maximum atomic E-state index is 5.02. The van der Waals surface area contributed by atoms with Crippen LogP contribution >= 0.6 is 11.3 Å². The molecule has 82 valence electrons. The first-order valence-corrected chi connectivity index (χ1v) is 5.74. The lowest BCUT2D eigenvalue weighted by Gasteiger charge is -1.87. The molecule has 7 heteroatoms. The fourth-order valence-electron chi connectivity index (χ4n) is 1.45. The van der Waals surface area contributed by atoms with Crippen LogP contribution in [0.4, 0.5) is 0 Å². The average molecular weight is 235 g/mol. The monoisotopic (exact) mass is 235 g/mol. The molecule has 0 radical (unpaired) electrons. The number of hydrogen-bond acceptors (Lipinski definition) is 6. The van der Waals surface area contributed by atoms with Gasteiger partial charge in [0.1, 0.15) is 11.5 Å². The summed E-state index contributed by atoms with van der Waals surface area (Å²) in [5, 5.41) is 17.2. The highest BCUT2D eigenvalue weighted by Crippen LogP contribution is 2.24. The molecule has 3 rings (SSSR count). The lowest BCUT2D eigenvalue weighted by molar-refractivity contribution is 0.399. The lowest BCUT2D eigenvalue weighted by atomic mass is 10.4. The molecule has 0 bridgehead atoms. The number of aryl methyl sites for hydroxylation is 2. The molecule has 0 N–H and O–H groups in total. The first-order chi connectivity index (χ1) is 7.78. The molecule has 0 saturated heterocycles. The van der Waals surface area contributed by atoms with Crippen molar-refractivity contribution >= 4 is 16.3 Å². The van der Waals surface area contributed by atoms with Crippen molar-refractivity contribution in [2.75, 3.05) is 0 Å². The molecule has 3 heterocycles. The van der Waals surface area contributed by atoms with Gasteiger partial charge in [0.05, 0.1) is 0 Å². The Morgan fingerprint density at radius 3 is 3.00 bits per heavy atom. The molecule has 0 fully saturated rings. The molecule has 0 aliphatic carbocycles. The molecule has 0 aliphatic rings. The highest BCUT2D eigenvalue weighted by atomic mass is 32.1. The summed E-state index contributed by atoms with van der Waals surface area (Å²) >= 11 is 1.46. The minimum atomic E-state index is 0.745. The Balaban J connectivity index is 2.15. The van der Waals surface area contributed by atoms with Gasteiger partial charge in [0.25, 0.3) is 0 Å². The van der Waals surface area contributed by atoms with E-state index < -0.39 is 0 Å². The van der Waals surface area contributed by atoms with Crippen molar-refractivity contribution < 1.29 is 4.52 Å². The van der Waals surface area contributed by atoms with Gasteiger partial charge in [-0.2, -0.15) is 9.61 Å². The summed E-state index contributed by atoms with van der Waals surface area (Å²) in [7, 11) is 0. The van der Waals surface area contributed by atoms with Crippen molar-refractivity contribution in [1.82, 2.24) is 25.0 Å². The smallest absolute Gasteiger partial charge is 0.235 e. The SMILES string of the molecule is CCc1nnc2sc(-c3cc(C)on3)nn12. The second-order valence-electron chi connectivity index (χ2n) is 3.39. The third-order valence-corrected chi connectivity index (χ3v) is 3.14. The van der Waals surface area contributed by atoms with E-state index in [0.29, 0.717) is 0 Å². The van der Waals surface area contributed by atoms with Gasteiger partial charge in [-0.05, 0) is 6.92 Å². The third-order valence-electron chi connectivity index (χ3n) is 2.22. The minimum absolute atomic E-state index is 0.745. The second kappa shape index (κ2) is 3.38. The maximum absolute atomic E-state index is 5.02. The molecule has 3 aromatic heterocycles. The Hall–Kier alpha value is -1.76. The van der Waals surface area contributed by atoms with Gasteiger partial charge in [-0.3, -0.25) is 0 Å². The standard InChI is InChI=1S/C9H9N5OS/c1-3-7-10-11-9-14(7)12-8(16-9)6-4-5(2)15-13-6/h4H,3H2,1-2H3. The molecule has 3 aromatic rings. The summed E-state index contributed by atoms with van der Waals surface area (Å²) in [5.74, 6) is 1.63. The van der Waals surface area contributed by atoms with E-state index in [1.807, 2.05) is 19.9 Å². The van der Waals surface area contributed by atoms with Gasteiger partial charge in [-0.25, -0.2) is 0 Å². The van der Waals surface area contributed by atoms with Crippen LogP contribution in [-0.4, -0.2) is 25.0 Å². The van der Waals surface area contributed by atoms with Gasteiger partial charge >= 0.3 is 0 Å². The molecular weight excluding hydrogens is 226 g/mol. The number of rotatable bonds is 2. The maximum Gasteiger partial charge on any atom is 0.235 e. The lowest BCUT2D eigenvalue weighted by Crippen LogP contribution is -1.93. The van der Waals surface area contributed by atoms with E-state index in [1.54, 1.807) is 4.52 Å². The predicted octanol–water partition coefficient (Wildman–Crippen LogP) is 1.71. The zero-order valence-corrected chi connectivity index (χ0v) is 9.65. The van der Waals surface area contributed by atoms with E-state index >= 15 is 0 Å². The van der Waals surface area contributed by atoms with Crippen LogP contribution in [0.5, 0.6) is 0 Å². The normalized spacial score (nSPS) is 11.4. The minimum Gasteiger partial charge on any atom is -0.361 e. The van der Waals surface area contributed by atoms with Crippen LogP contribution in [0.1, 0.15) is 18.5 Å². The fourth-order valence-corrected chi connectivity index (χ4v) is 2.26. The van der Waals surface area contributed by atoms with Crippen LogP contribution in [0.15, 0.2) is 10.6 Å². The van der Waals surface area contributed by atoms with E-state index in [4.69, 9.17) is 4.52 Å². The molecule has 0 aliphatic heterocycles. The Morgan fingerprint density at radius 2 is 2.31 bits per heavy atom. The van der Waals surface area contributed by atoms with Crippen molar-refractivity contribution in [2.45, 2.75) is 20.3 Å². The first-order valence-electron chi connectivity index (χ1n) is 4.92. The largest absolute Gasteiger partial charge is 0.361 e. The summed E-state index contributed by atoms with van der Waals surface area (Å²) in [6, 6.07) is 1.86. The average Bonchev–Trinajstić information content (AvgIpc) is 2.90. The zero-order valence-electron chi connectivity index (χ0n) is 8.84. The van der Waals surface area contributed by atoms with Gasteiger partial charge in [-0.1, -0.05) is 23.4 Å². The zero-order chi connectivity index (χ0) is 11.1. The van der Waals surface area contributed by atoms with Crippen LogP contribution in [0.25, 0.3) is 15.7 Å². The molecular formula is C9H9N5OS. The van der Waals surface area contributed by atoms with Crippen LogP contribution in [0.3, 0.4) is 0 Å². The number of aromatic nitrogens is 5. The highest BCUT2D eigenvalue weighted by molar-refractivity contribution is 7.19. The Morgan fingerprint density at radius 1 is 1.44 bits per heavy atom. The predicted molar refractivity (Wildman–Crippen MR) is 58.3 cm³/mol. The molecule has 0 amide bonds. The topological polar surface area (TPSA) is 69.1 Å². The first kappa shape index (κ1) is 9.46. The van der Waals surface area contributed by atoms with E-state index in [1.165, 1.54) is 11.3 Å². The third kappa shape index (κ3) is 1.32. The molecule has 16 heavy (non-hydrogen) atoms. The van der Waals surface area contributed by atoms with E-state index in [2.05, 4.69) is 20.5 Å². The van der Waals surface area contributed by atoms with Crippen molar-refractivity contribution in [3.8, 4) is 10.7 Å². The summed E-state index contributed by atoms with van der Waals surface area (Å²) < 4.78 is 6.77. The van der Waals surface area contributed by atoms with Crippen LogP contribution in [0.2, 0.25) is 0 Å². The Kier molecular flexibility index (Phi) is 2.00. The van der Waals surface area contributed by atoms with Crippen LogP contribution < -0.4 is 0 Å². The van der Waals surface area contributed by atoms with Gasteiger partial charge < -0.3 is 4.52 Å². The highest BCUT2D eigenvalue weighted by Gasteiger charge is 2.14. The van der Waals surface area contributed by atoms with Crippen molar-refractivity contribution in [1.29, 1.82) is 0 Å². The fraction of sp³-hybridized carbons (Fsp3) is 0.333. The van der Waals surface area contributed by atoms with Gasteiger partial charge in [0, 0.05) is 12.5 Å². The number of fused-ring (bicyclic) bond motifs is 1. The molecule has 0 unspecified atom stereocenters. The van der Waals surface area contributed by atoms with Crippen molar-refractivity contribution in [2.24, 2.45) is 0 Å². The summed E-state index contributed by atoms with van der Waals surface area (Å²) in [5.41, 5.74) is 0.745. The molecule has 0 atom stereocenters. The summed E-state index contributed by atoms with van der Waals surface area (Å²) in [6.07, 6.45) is 0.808. The summed E-state index contributed by atoms with van der Waals surface area (Å²) in [4.78, 5) is 0.785. The van der Waals surface area contributed by atoms with Crippen LogP contribution in [-0.2, 0) is 6.42 Å². The molecule has 0 aromatic carbocycles. The second-order valence-corrected chi connectivity index (χ2v) is 4.35. The van der Waals surface area contributed by atoms with Gasteiger partial charge in [0.2, 0.25) is 4.96 Å². The molecule has 0 saturated carbocycles. The van der Waals surface area contributed by atoms with Crippen LogP contribution in [0, 0.1) is 6.92 Å². The Bertz CT molecular complexity index is 637. The quantitative estimate of drug-likeness (QED) is 0.676. The van der Waals surface area contributed by atoms with E-state index in [9.17, 15) is 0 Å². The van der Waals surface area contributed by atoms with Gasteiger partial charge in [0.15, 0.2) is 10.8 Å². The Labute approximate surface area is 94.9 Å². The van der Waals surface area contributed by atoms with E-state index in [-0.39, 0.29) is 0 Å². The summed E-state index contributed by atoms with van der Waals surface area (Å²) in [6.45, 7) is 3.88. The molecule has 0 spiro atoms. The van der Waals surface area contributed by atoms with E-state index in [0.717, 1.165) is 33.7 Å². The van der Waals surface area contributed by atoms with Crippen molar-refractivity contribution in [3.63, 3.8) is 0 Å². The number of nitrogens with zero attached hydrogens (tertiary/aromatic N) is 5. The van der Waals surface area contributed by atoms with Gasteiger partial charge in [-0.15, -0.1) is 10.2 Å². The number of hydrogen-bond donors (Lipinski definition) is 0. The van der Waals surface area contributed by atoms with Crippen molar-refractivity contribution in [3.05, 3.63) is 17.7 Å². The molecule has 6 nitrogen and oxygen atoms in total.